The monoisotopic (exact) mass is 271 g/mol. The molecule has 0 radical (unpaired) electrons. The molecule has 1 fully saturated rings. The van der Waals surface area contributed by atoms with Crippen molar-refractivity contribution in [3.05, 3.63) is 53.7 Å². The van der Waals surface area contributed by atoms with Gasteiger partial charge in [-0.15, -0.1) is 0 Å². The Morgan fingerprint density at radius 3 is 2.65 bits per heavy atom. The number of rotatable bonds is 4. The summed E-state index contributed by atoms with van der Waals surface area (Å²) in [5.74, 6) is 2.32. The van der Waals surface area contributed by atoms with Gasteiger partial charge >= 0.3 is 0 Å². The van der Waals surface area contributed by atoms with Crippen LogP contribution in [0.25, 0.3) is 0 Å². The molecule has 0 aliphatic heterocycles. The minimum absolute atomic E-state index is 0.184. The minimum Gasteiger partial charge on any atom is -0.367 e. The predicted molar refractivity (Wildman–Crippen MR) is 77.3 cm³/mol. The van der Waals surface area contributed by atoms with Crippen LogP contribution in [0.3, 0.4) is 0 Å². The lowest BCUT2D eigenvalue weighted by Gasteiger charge is -2.08. The fourth-order valence-corrected chi connectivity index (χ4v) is 2.36. The van der Waals surface area contributed by atoms with E-state index in [2.05, 4.69) is 29.1 Å². The second kappa shape index (κ2) is 5.19. The van der Waals surface area contributed by atoms with Gasteiger partial charge in [0.05, 0.1) is 0 Å². The quantitative estimate of drug-likeness (QED) is 0.921. The van der Waals surface area contributed by atoms with Gasteiger partial charge in [-0.3, -0.25) is 0 Å². The van der Waals surface area contributed by atoms with Crippen molar-refractivity contribution < 1.29 is 4.39 Å². The molecule has 1 saturated carbocycles. The number of hydrogen-bond donors (Lipinski definition) is 1. The standard InChI is InChI=1S/C16H18FN3/c1-10(2)16-18-8-7-15(20-16)19-14-9-13(14)11-3-5-12(17)6-4-11/h3-8,10,13-14H,9H2,1-2H3,(H,18,19,20)/t13-,14+/m0/s1. The van der Waals surface area contributed by atoms with Crippen molar-refractivity contribution in [1.82, 2.24) is 9.97 Å². The summed E-state index contributed by atoms with van der Waals surface area (Å²) in [7, 11) is 0. The van der Waals surface area contributed by atoms with Gasteiger partial charge < -0.3 is 5.32 Å². The smallest absolute Gasteiger partial charge is 0.133 e. The van der Waals surface area contributed by atoms with E-state index in [-0.39, 0.29) is 5.82 Å². The fourth-order valence-electron chi connectivity index (χ4n) is 2.36. The Morgan fingerprint density at radius 1 is 1.20 bits per heavy atom. The van der Waals surface area contributed by atoms with Gasteiger partial charge in [0.1, 0.15) is 17.5 Å². The van der Waals surface area contributed by atoms with Crippen LogP contribution in [0.4, 0.5) is 10.2 Å². The molecule has 0 unspecified atom stereocenters. The zero-order chi connectivity index (χ0) is 14.1. The molecule has 2 aromatic rings. The first-order valence-electron chi connectivity index (χ1n) is 6.98. The Bertz CT molecular complexity index is 595. The molecule has 1 heterocycles. The van der Waals surface area contributed by atoms with Crippen molar-refractivity contribution in [2.75, 3.05) is 5.32 Å². The predicted octanol–water partition coefficient (Wildman–Crippen LogP) is 3.71. The van der Waals surface area contributed by atoms with Gasteiger partial charge in [0.15, 0.2) is 0 Å². The first-order chi connectivity index (χ1) is 9.63. The molecular weight excluding hydrogens is 253 g/mol. The maximum Gasteiger partial charge on any atom is 0.133 e. The van der Waals surface area contributed by atoms with Crippen LogP contribution in [0, 0.1) is 5.82 Å². The third-order valence-electron chi connectivity index (χ3n) is 3.61. The summed E-state index contributed by atoms with van der Waals surface area (Å²) in [6.07, 6.45) is 2.85. The molecule has 3 rings (SSSR count). The normalized spacial score (nSPS) is 21.0. The molecule has 0 spiro atoms. The molecule has 1 aliphatic carbocycles. The summed E-state index contributed by atoms with van der Waals surface area (Å²) in [5.41, 5.74) is 1.18. The summed E-state index contributed by atoms with van der Waals surface area (Å²) >= 11 is 0. The SMILES string of the molecule is CC(C)c1nccc(N[C@@H]2C[C@H]2c2ccc(F)cc2)n1. The minimum atomic E-state index is -0.184. The van der Waals surface area contributed by atoms with E-state index < -0.39 is 0 Å². The molecular formula is C16H18FN3. The van der Waals surface area contributed by atoms with Crippen LogP contribution < -0.4 is 5.32 Å². The second-order valence-electron chi connectivity index (χ2n) is 5.60. The zero-order valence-electron chi connectivity index (χ0n) is 11.7. The Hall–Kier alpha value is -1.97. The molecule has 1 aliphatic rings. The van der Waals surface area contributed by atoms with Gasteiger partial charge in [-0.05, 0) is 30.2 Å². The van der Waals surface area contributed by atoms with Gasteiger partial charge in [-0.2, -0.15) is 0 Å². The Labute approximate surface area is 118 Å². The molecule has 1 N–H and O–H groups in total. The summed E-state index contributed by atoms with van der Waals surface area (Å²) in [4.78, 5) is 8.77. The Kier molecular flexibility index (Phi) is 3.38. The summed E-state index contributed by atoms with van der Waals surface area (Å²) in [6.45, 7) is 4.16. The largest absolute Gasteiger partial charge is 0.367 e. The maximum atomic E-state index is 12.9. The van der Waals surface area contributed by atoms with Gasteiger partial charge in [0.2, 0.25) is 0 Å². The highest BCUT2D eigenvalue weighted by molar-refractivity contribution is 5.41. The van der Waals surface area contributed by atoms with Crippen LogP contribution in [0.5, 0.6) is 0 Å². The summed E-state index contributed by atoms with van der Waals surface area (Å²) in [6, 6.07) is 9.04. The molecule has 0 saturated heterocycles. The van der Waals surface area contributed by atoms with Crippen molar-refractivity contribution in [2.24, 2.45) is 0 Å². The molecule has 20 heavy (non-hydrogen) atoms. The topological polar surface area (TPSA) is 37.8 Å². The average molecular weight is 271 g/mol. The summed E-state index contributed by atoms with van der Waals surface area (Å²) in [5, 5.41) is 3.43. The van der Waals surface area contributed by atoms with Crippen LogP contribution in [-0.2, 0) is 0 Å². The fraction of sp³-hybridized carbons (Fsp3) is 0.375. The van der Waals surface area contributed by atoms with Crippen molar-refractivity contribution >= 4 is 5.82 Å². The Balaban J connectivity index is 1.66. The van der Waals surface area contributed by atoms with E-state index in [0.29, 0.717) is 17.9 Å². The van der Waals surface area contributed by atoms with Crippen molar-refractivity contribution in [2.45, 2.75) is 38.1 Å². The third-order valence-corrected chi connectivity index (χ3v) is 3.61. The molecule has 1 aromatic heterocycles. The molecule has 0 bridgehead atoms. The number of anilines is 1. The number of aromatic nitrogens is 2. The van der Waals surface area contributed by atoms with Gasteiger partial charge in [-0.25, -0.2) is 14.4 Å². The summed E-state index contributed by atoms with van der Waals surface area (Å²) < 4.78 is 12.9. The molecule has 3 nitrogen and oxygen atoms in total. The van der Waals surface area contributed by atoms with Gasteiger partial charge in [-0.1, -0.05) is 26.0 Å². The van der Waals surface area contributed by atoms with Crippen molar-refractivity contribution in [3.8, 4) is 0 Å². The lowest BCUT2D eigenvalue weighted by molar-refractivity contribution is 0.627. The lowest BCUT2D eigenvalue weighted by atomic mass is 10.1. The van der Waals surface area contributed by atoms with Crippen LogP contribution in [-0.4, -0.2) is 16.0 Å². The number of benzene rings is 1. The second-order valence-corrected chi connectivity index (χ2v) is 5.60. The van der Waals surface area contributed by atoms with Crippen LogP contribution >= 0.6 is 0 Å². The van der Waals surface area contributed by atoms with Gasteiger partial charge in [0, 0.05) is 24.1 Å². The van der Waals surface area contributed by atoms with E-state index in [9.17, 15) is 4.39 Å². The number of hydrogen-bond acceptors (Lipinski definition) is 3. The Morgan fingerprint density at radius 2 is 1.95 bits per heavy atom. The zero-order valence-corrected chi connectivity index (χ0v) is 11.7. The highest BCUT2D eigenvalue weighted by Crippen LogP contribution is 2.42. The third kappa shape index (κ3) is 2.79. The van der Waals surface area contributed by atoms with E-state index in [1.54, 1.807) is 6.20 Å². The number of halogens is 1. The number of nitrogens with one attached hydrogen (secondary N) is 1. The molecule has 0 amide bonds. The molecule has 2 atom stereocenters. The highest BCUT2D eigenvalue weighted by atomic mass is 19.1. The first kappa shape index (κ1) is 13.0. The van der Waals surface area contributed by atoms with Crippen molar-refractivity contribution in [3.63, 3.8) is 0 Å². The van der Waals surface area contributed by atoms with Crippen LogP contribution in [0.2, 0.25) is 0 Å². The lowest BCUT2D eigenvalue weighted by Crippen LogP contribution is -2.08. The van der Waals surface area contributed by atoms with Gasteiger partial charge in [0.25, 0.3) is 0 Å². The van der Waals surface area contributed by atoms with Crippen LogP contribution in [0.15, 0.2) is 36.5 Å². The van der Waals surface area contributed by atoms with E-state index in [1.165, 1.54) is 17.7 Å². The number of nitrogens with zero attached hydrogens (tertiary/aromatic N) is 2. The van der Waals surface area contributed by atoms with E-state index in [0.717, 1.165) is 18.1 Å². The maximum absolute atomic E-state index is 12.9. The van der Waals surface area contributed by atoms with Crippen LogP contribution in [0.1, 0.15) is 43.5 Å². The van der Waals surface area contributed by atoms with Crippen molar-refractivity contribution in [1.29, 1.82) is 0 Å². The van der Waals surface area contributed by atoms with E-state index in [4.69, 9.17) is 0 Å². The first-order valence-corrected chi connectivity index (χ1v) is 6.98. The highest BCUT2D eigenvalue weighted by Gasteiger charge is 2.38. The average Bonchev–Trinajstić information content (AvgIpc) is 3.19. The molecule has 104 valence electrons. The van der Waals surface area contributed by atoms with E-state index in [1.807, 2.05) is 18.2 Å². The van der Waals surface area contributed by atoms with E-state index >= 15 is 0 Å². The molecule has 4 heteroatoms. The molecule has 1 aromatic carbocycles.